The lowest BCUT2D eigenvalue weighted by Gasteiger charge is -2.01. The van der Waals surface area contributed by atoms with Crippen LogP contribution in [0.3, 0.4) is 0 Å². The van der Waals surface area contributed by atoms with Gasteiger partial charge in [0.15, 0.2) is 5.69 Å². The molecular formula is C16H17N5O2. The summed E-state index contributed by atoms with van der Waals surface area (Å²) in [6.45, 7) is 5.92. The summed E-state index contributed by atoms with van der Waals surface area (Å²) in [6.07, 6.45) is 0. The van der Waals surface area contributed by atoms with Crippen LogP contribution in [0, 0.1) is 20.8 Å². The van der Waals surface area contributed by atoms with Crippen molar-refractivity contribution in [3.63, 3.8) is 0 Å². The second-order valence-electron chi connectivity index (χ2n) is 5.46. The Kier molecular flexibility index (Phi) is 3.69. The molecule has 0 aliphatic heterocycles. The van der Waals surface area contributed by atoms with Gasteiger partial charge in [-0.25, -0.2) is 0 Å². The van der Waals surface area contributed by atoms with Gasteiger partial charge in [-0.05, 0) is 50.1 Å². The molecule has 0 radical (unpaired) electrons. The number of benzene rings is 1. The van der Waals surface area contributed by atoms with E-state index in [2.05, 4.69) is 20.6 Å². The molecule has 0 bridgehead atoms. The maximum Gasteiger partial charge on any atom is 0.322 e. The Morgan fingerprint density at radius 3 is 2.57 bits per heavy atom. The Bertz CT molecular complexity index is 859. The van der Waals surface area contributed by atoms with Crippen LogP contribution in [-0.4, -0.2) is 25.9 Å². The summed E-state index contributed by atoms with van der Waals surface area (Å²) in [6, 6.07) is 7.60. The summed E-state index contributed by atoms with van der Waals surface area (Å²) < 4.78 is 7.13. The number of nitrogens with one attached hydrogen (secondary N) is 1. The maximum absolute atomic E-state index is 12.1. The van der Waals surface area contributed by atoms with Gasteiger partial charge in [-0.15, -0.1) is 5.10 Å². The van der Waals surface area contributed by atoms with Crippen molar-refractivity contribution in [3.8, 4) is 11.5 Å². The van der Waals surface area contributed by atoms with E-state index in [9.17, 15) is 4.79 Å². The van der Waals surface area contributed by atoms with Gasteiger partial charge in [0.1, 0.15) is 0 Å². The fourth-order valence-corrected chi connectivity index (χ4v) is 2.10. The van der Waals surface area contributed by atoms with E-state index in [-0.39, 0.29) is 11.9 Å². The fourth-order valence-electron chi connectivity index (χ4n) is 2.10. The maximum atomic E-state index is 12.1. The molecule has 1 aromatic carbocycles. The van der Waals surface area contributed by atoms with Crippen LogP contribution < -0.4 is 5.32 Å². The van der Waals surface area contributed by atoms with Gasteiger partial charge in [0, 0.05) is 18.3 Å². The Hall–Kier alpha value is -2.96. The number of anilines is 1. The van der Waals surface area contributed by atoms with E-state index >= 15 is 0 Å². The molecule has 118 valence electrons. The van der Waals surface area contributed by atoms with Gasteiger partial charge in [-0.2, -0.15) is 5.10 Å². The van der Waals surface area contributed by atoms with Gasteiger partial charge in [-0.1, -0.05) is 11.2 Å². The third-order valence-electron chi connectivity index (χ3n) is 3.75. The van der Waals surface area contributed by atoms with Crippen LogP contribution in [0.1, 0.15) is 27.3 Å². The van der Waals surface area contributed by atoms with E-state index in [0.717, 1.165) is 16.8 Å². The molecule has 0 saturated carbocycles. The summed E-state index contributed by atoms with van der Waals surface area (Å²) >= 11 is 0. The highest BCUT2D eigenvalue weighted by Crippen LogP contribution is 2.22. The zero-order valence-corrected chi connectivity index (χ0v) is 13.4. The molecule has 1 amide bonds. The predicted octanol–water partition coefficient (Wildman–Crippen LogP) is 2.65. The average Bonchev–Trinajstić information content (AvgIpc) is 3.10. The van der Waals surface area contributed by atoms with Gasteiger partial charge in [0.25, 0.3) is 5.91 Å². The SMILES string of the molecule is Cc1ccc(-c2nnc(NC(=O)c3cc(C)n(C)n3)o2)cc1C. The third kappa shape index (κ3) is 2.98. The standard InChI is InChI=1S/C16H17N5O2/c1-9-5-6-12(7-10(9)2)15-18-19-16(23-15)17-14(22)13-8-11(3)21(4)20-13/h5-8H,1-4H3,(H,17,19,22). The first kappa shape index (κ1) is 15.0. The van der Waals surface area contributed by atoms with Gasteiger partial charge < -0.3 is 4.42 Å². The van der Waals surface area contributed by atoms with Crippen LogP contribution in [0.15, 0.2) is 28.7 Å². The highest BCUT2D eigenvalue weighted by molar-refractivity contribution is 6.01. The first-order valence-electron chi connectivity index (χ1n) is 7.17. The largest absolute Gasteiger partial charge is 0.403 e. The van der Waals surface area contributed by atoms with Crippen molar-refractivity contribution in [2.75, 3.05) is 5.32 Å². The topological polar surface area (TPSA) is 85.8 Å². The van der Waals surface area contributed by atoms with Crippen LogP contribution in [0.4, 0.5) is 6.01 Å². The molecule has 7 nitrogen and oxygen atoms in total. The highest BCUT2D eigenvalue weighted by Gasteiger charge is 2.15. The lowest BCUT2D eigenvalue weighted by atomic mass is 10.1. The lowest BCUT2D eigenvalue weighted by Crippen LogP contribution is -2.13. The summed E-state index contributed by atoms with van der Waals surface area (Å²) in [4.78, 5) is 12.1. The second-order valence-corrected chi connectivity index (χ2v) is 5.46. The lowest BCUT2D eigenvalue weighted by molar-refractivity contribution is 0.101. The summed E-state index contributed by atoms with van der Waals surface area (Å²) in [5.41, 5.74) is 4.32. The molecule has 2 aromatic heterocycles. The van der Waals surface area contributed by atoms with Gasteiger partial charge in [0.05, 0.1) is 0 Å². The van der Waals surface area contributed by atoms with Crippen molar-refractivity contribution in [3.05, 3.63) is 46.8 Å². The van der Waals surface area contributed by atoms with E-state index in [1.165, 1.54) is 5.56 Å². The van der Waals surface area contributed by atoms with Gasteiger partial charge in [-0.3, -0.25) is 14.8 Å². The van der Waals surface area contributed by atoms with Gasteiger partial charge in [0.2, 0.25) is 5.89 Å². The van der Waals surface area contributed by atoms with Gasteiger partial charge >= 0.3 is 6.01 Å². The molecule has 23 heavy (non-hydrogen) atoms. The molecule has 3 aromatic rings. The van der Waals surface area contributed by atoms with E-state index in [4.69, 9.17) is 4.42 Å². The van der Waals surface area contributed by atoms with Crippen LogP contribution in [0.25, 0.3) is 11.5 Å². The van der Waals surface area contributed by atoms with Crippen molar-refractivity contribution in [2.45, 2.75) is 20.8 Å². The van der Waals surface area contributed by atoms with Crippen molar-refractivity contribution < 1.29 is 9.21 Å². The monoisotopic (exact) mass is 311 g/mol. The van der Waals surface area contributed by atoms with Crippen LogP contribution in [-0.2, 0) is 7.05 Å². The quantitative estimate of drug-likeness (QED) is 0.803. The number of hydrogen-bond donors (Lipinski definition) is 1. The summed E-state index contributed by atoms with van der Waals surface area (Å²) in [5.74, 6) is -0.0235. The first-order valence-corrected chi connectivity index (χ1v) is 7.17. The number of amides is 1. The second kappa shape index (κ2) is 5.68. The molecule has 0 saturated heterocycles. The molecule has 0 aliphatic rings. The molecule has 3 rings (SSSR count). The molecule has 0 fully saturated rings. The molecule has 1 N–H and O–H groups in total. The van der Waals surface area contributed by atoms with Crippen molar-refractivity contribution in [1.82, 2.24) is 20.0 Å². The minimum absolute atomic E-state index is 0.0477. The number of aryl methyl sites for hydroxylation is 4. The van der Waals surface area contributed by atoms with Crippen molar-refractivity contribution in [1.29, 1.82) is 0 Å². The van der Waals surface area contributed by atoms with Crippen molar-refractivity contribution >= 4 is 11.9 Å². The van der Waals surface area contributed by atoms with E-state index < -0.39 is 0 Å². The minimum atomic E-state index is -0.385. The minimum Gasteiger partial charge on any atom is -0.403 e. The zero-order valence-electron chi connectivity index (χ0n) is 13.4. The Balaban J connectivity index is 1.79. The number of carbonyl (C=O) groups is 1. The molecule has 0 spiro atoms. The molecule has 0 unspecified atom stereocenters. The third-order valence-corrected chi connectivity index (χ3v) is 3.75. The normalized spacial score (nSPS) is 10.8. The predicted molar refractivity (Wildman–Crippen MR) is 85.1 cm³/mol. The highest BCUT2D eigenvalue weighted by atomic mass is 16.4. The average molecular weight is 311 g/mol. The molecule has 0 atom stereocenters. The number of aromatic nitrogens is 4. The number of carbonyl (C=O) groups excluding carboxylic acids is 1. The first-order chi connectivity index (χ1) is 10.9. The fraction of sp³-hybridized carbons (Fsp3) is 0.250. The molecule has 7 heteroatoms. The molecular weight excluding hydrogens is 294 g/mol. The smallest absolute Gasteiger partial charge is 0.322 e. The molecule has 0 aliphatic carbocycles. The van der Waals surface area contributed by atoms with E-state index in [0.29, 0.717) is 11.6 Å². The summed E-state index contributed by atoms with van der Waals surface area (Å²) in [5, 5.41) is 14.5. The number of hydrogen-bond acceptors (Lipinski definition) is 5. The van der Waals surface area contributed by atoms with Crippen LogP contribution >= 0.6 is 0 Å². The van der Waals surface area contributed by atoms with Crippen LogP contribution in [0.5, 0.6) is 0 Å². The zero-order chi connectivity index (χ0) is 16.6. The number of rotatable bonds is 3. The van der Waals surface area contributed by atoms with E-state index in [1.807, 2.05) is 39.0 Å². The Labute approximate surface area is 133 Å². The van der Waals surface area contributed by atoms with Crippen LogP contribution in [0.2, 0.25) is 0 Å². The Morgan fingerprint density at radius 1 is 1.13 bits per heavy atom. The molecule has 2 heterocycles. The van der Waals surface area contributed by atoms with E-state index in [1.54, 1.807) is 17.8 Å². The summed E-state index contributed by atoms with van der Waals surface area (Å²) in [7, 11) is 1.77. The Morgan fingerprint density at radius 2 is 1.91 bits per heavy atom. The number of nitrogens with zero attached hydrogens (tertiary/aromatic N) is 4. The van der Waals surface area contributed by atoms with Crippen molar-refractivity contribution in [2.24, 2.45) is 7.05 Å².